The summed E-state index contributed by atoms with van der Waals surface area (Å²) >= 11 is 2.30. The molecule has 0 N–H and O–H groups in total. The van der Waals surface area contributed by atoms with Crippen LogP contribution < -0.4 is 4.90 Å². The zero-order valence-corrected chi connectivity index (χ0v) is 32.6. The molecule has 3 heterocycles. The highest BCUT2D eigenvalue weighted by atomic mass is 32.2. The van der Waals surface area contributed by atoms with E-state index in [1.807, 2.05) is 0 Å². The second-order valence-electron chi connectivity index (χ2n) is 16.5. The van der Waals surface area contributed by atoms with Crippen LogP contribution in [0.2, 0.25) is 0 Å². The Bertz CT molecular complexity index is 2920. The van der Waals surface area contributed by atoms with Gasteiger partial charge in [0.1, 0.15) is 0 Å². The van der Waals surface area contributed by atoms with E-state index in [1.54, 1.807) is 5.56 Å². The molecule has 9 aromatic rings. The molecule has 274 valence electrons. The molecule has 0 spiro atoms. The third-order valence-electron chi connectivity index (χ3n) is 13.5. The molecule has 3 heteroatoms. The average molecular weight is 751 g/mol. The lowest BCUT2D eigenvalue weighted by Gasteiger charge is -2.51. The number of fused-ring (bicyclic) bond motifs is 5. The summed E-state index contributed by atoms with van der Waals surface area (Å²) in [7, 11) is 0. The Kier molecular flexibility index (Phi) is 7.56. The van der Waals surface area contributed by atoms with Crippen molar-refractivity contribution >= 4 is 61.4 Å². The van der Waals surface area contributed by atoms with E-state index >= 15 is 0 Å². The summed E-state index contributed by atoms with van der Waals surface area (Å²) in [6.07, 6.45) is 5.53. The molecule has 0 amide bonds. The number of hydrogen-bond acceptors (Lipinski definition) is 2. The van der Waals surface area contributed by atoms with E-state index in [0.29, 0.717) is 5.41 Å². The van der Waals surface area contributed by atoms with Crippen molar-refractivity contribution in [2.24, 2.45) is 5.92 Å². The molecule has 1 aliphatic carbocycles. The molecule has 3 aliphatic rings. The Hall–Kier alpha value is -6.03. The van der Waals surface area contributed by atoms with Crippen LogP contribution in [0.3, 0.4) is 0 Å². The van der Waals surface area contributed by atoms with Crippen molar-refractivity contribution in [3.05, 3.63) is 194 Å². The first-order chi connectivity index (χ1) is 28.2. The summed E-state index contributed by atoms with van der Waals surface area (Å²) in [6.45, 7) is 0. The predicted molar refractivity (Wildman–Crippen MR) is 243 cm³/mol. The predicted octanol–water partition coefficient (Wildman–Crippen LogP) is 14.7. The topological polar surface area (TPSA) is 8.17 Å². The zero-order chi connectivity index (χ0) is 37.5. The van der Waals surface area contributed by atoms with Crippen molar-refractivity contribution in [3.8, 4) is 27.9 Å². The van der Waals surface area contributed by atoms with Gasteiger partial charge in [-0.2, -0.15) is 11.8 Å². The molecule has 4 atom stereocenters. The van der Waals surface area contributed by atoms with Crippen LogP contribution in [0.25, 0.3) is 60.5 Å². The highest BCUT2D eigenvalue weighted by Crippen LogP contribution is 2.68. The Balaban J connectivity index is 0.907. The van der Waals surface area contributed by atoms with Gasteiger partial charge in [0, 0.05) is 49.0 Å². The van der Waals surface area contributed by atoms with Gasteiger partial charge in [0.05, 0.1) is 22.4 Å². The molecule has 2 bridgehead atoms. The number of benzene rings is 8. The highest BCUT2D eigenvalue weighted by molar-refractivity contribution is 8.01. The Labute approximate surface area is 338 Å². The number of rotatable bonds is 7. The number of hydrogen-bond donors (Lipinski definition) is 0. The molecule has 3 fully saturated rings. The average Bonchev–Trinajstić information content (AvgIpc) is 3.60. The molecule has 1 aromatic heterocycles. The number of aromatic nitrogens is 1. The molecule has 8 aromatic carbocycles. The van der Waals surface area contributed by atoms with Crippen LogP contribution in [-0.2, 0) is 5.41 Å². The van der Waals surface area contributed by atoms with Crippen LogP contribution in [0.15, 0.2) is 188 Å². The first-order valence-electron chi connectivity index (χ1n) is 20.5. The third-order valence-corrected chi connectivity index (χ3v) is 15.4. The summed E-state index contributed by atoms with van der Waals surface area (Å²) in [6, 6.07) is 69.7. The zero-order valence-electron chi connectivity index (χ0n) is 31.8. The number of anilines is 3. The molecule has 2 saturated heterocycles. The van der Waals surface area contributed by atoms with Crippen LogP contribution in [0.5, 0.6) is 0 Å². The fourth-order valence-electron chi connectivity index (χ4n) is 10.8. The Morgan fingerprint density at radius 2 is 1.14 bits per heavy atom. The fraction of sp³-hybridized carbons (Fsp3) is 0.148. The second-order valence-corrected chi connectivity index (χ2v) is 17.9. The smallest absolute Gasteiger partial charge is 0.0541 e. The lowest BCUT2D eigenvalue weighted by Crippen LogP contribution is -2.50. The van der Waals surface area contributed by atoms with Crippen LogP contribution in [0, 0.1) is 5.92 Å². The molecular weight excluding hydrogens is 709 g/mol. The molecule has 0 radical (unpaired) electrons. The number of thioether (sulfide) groups is 1. The molecule has 2 aliphatic heterocycles. The molecular formula is C54H42N2S. The third kappa shape index (κ3) is 5.18. The SMILES string of the molecule is c1cc(N(c2ccc(-c3ccc(-c4ccccc4-n4c5ccccc5c5ccccc54)cc3)cc2)c2cccc3ccccc23)cc(C23C[C@@H]4CC[C@@H](C2)C3S4)c1. The van der Waals surface area contributed by atoms with Crippen molar-refractivity contribution in [1.29, 1.82) is 0 Å². The molecule has 2 unspecified atom stereocenters. The largest absolute Gasteiger partial charge is 0.310 e. The summed E-state index contributed by atoms with van der Waals surface area (Å²) in [5.41, 5.74) is 14.0. The summed E-state index contributed by atoms with van der Waals surface area (Å²) in [4.78, 5) is 2.49. The second kappa shape index (κ2) is 13.0. The molecule has 2 nitrogen and oxygen atoms in total. The standard InChI is InChI=1S/C54H42N2S/c1-2-15-45-38(11-1)12-9-22-49(45)55(43-14-10-13-41(33-43)54-34-40-29-32-44(35-54)57-53(40)54)42-30-27-37(28-31-42)36-23-25-39(26-24-36)46-16-3-6-19-50(46)56-51-20-7-4-17-47(51)48-18-5-8-21-52(48)56/h1-28,30-31,33,40,44,53H,29,32,34-35H2/t40-,44-,53?,54?/m0/s1. The summed E-state index contributed by atoms with van der Waals surface area (Å²) in [5.74, 6) is 0.906. The van der Waals surface area contributed by atoms with Gasteiger partial charge in [0.15, 0.2) is 0 Å². The molecule has 12 rings (SSSR count). The van der Waals surface area contributed by atoms with Gasteiger partial charge in [-0.3, -0.25) is 0 Å². The van der Waals surface area contributed by atoms with E-state index in [-0.39, 0.29) is 0 Å². The fourth-order valence-corrected chi connectivity index (χ4v) is 13.0. The van der Waals surface area contributed by atoms with Gasteiger partial charge in [-0.05, 0) is 108 Å². The molecule has 57 heavy (non-hydrogen) atoms. The summed E-state index contributed by atoms with van der Waals surface area (Å²) < 4.78 is 2.42. The van der Waals surface area contributed by atoms with E-state index < -0.39 is 0 Å². The van der Waals surface area contributed by atoms with Crippen molar-refractivity contribution in [2.75, 3.05) is 4.90 Å². The van der Waals surface area contributed by atoms with Crippen molar-refractivity contribution in [3.63, 3.8) is 0 Å². The maximum atomic E-state index is 2.53. The van der Waals surface area contributed by atoms with Gasteiger partial charge in [-0.25, -0.2) is 0 Å². The van der Waals surface area contributed by atoms with Gasteiger partial charge in [0.2, 0.25) is 0 Å². The van der Waals surface area contributed by atoms with Crippen LogP contribution >= 0.6 is 11.8 Å². The minimum Gasteiger partial charge on any atom is -0.310 e. The van der Waals surface area contributed by atoms with Gasteiger partial charge < -0.3 is 9.47 Å². The van der Waals surface area contributed by atoms with Gasteiger partial charge in [-0.15, -0.1) is 0 Å². The van der Waals surface area contributed by atoms with E-state index in [2.05, 4.69) is 209 Å². The van der Waals surface area contributed by atoms with Crippen molar-refractivity contribution < 1.29 is 0 Å². The maximum absolute atomic E-state index is 2.53. The maximum Gasteiger partial charge on any atom is 0.0541 e. The van der Waals surface area contributed by atoms with E-state index in [0.717, 1.165) is 16.4 Å². The van der Waals surface area contributed by atoms with E-state index in [4.69, 9.17) is 0 Å². The Morgan fingerprint density at radius 3 is 1.93 bits per heavy atom. The number of nitrogens with zero attached hydrogens (tertiary/aromatic N) is 2. The van der Waals surface area contributed by atoms with Gasteiger partial charge in [0.25, 0.3) is 0 Å². The normalized spacial score (nSPS) is 20.9. The van der Waals surface area contributed by atoms with Gasteiger partial charge >= 0.3 is 0 Å². The minimum atomic E-state index is 0.344. The van der Waals surface area contributed by atoms with Crippen LogP contribution in [0.4, 0.5) is 17.1 Å². The first-order valence-corrected chi connectivity index (χ1v) is 21.5. The van der Waals surface area contributed by atoms with Crippen molar-refractivity contribution in [1.82, 2.24) is 4.57 Å². The number of para-hydroxylation sites is 3. The lowest BCUT2D eigenvalue weighted by atomic mass is 9.57. The van der Waals surface area contributed by atoms with Gasteiger partial charge in [-0.1, -0.05) is 140 Å². The quantitative estimate of drug-likeness (QED) is 0.160. The van der Waals surface area contributed by atoms with E-state index in [9.17, 15) is 0 Å². The highest BCUT2D eigenvalue weighted by Gasteiger charge is 2.62. The monoisotopic (exact) mass is 750 g/mol. The van der Waals surface area contributed by atoms with Crippen LogP contribution in [0.1, 0.15) is 31.2 Å². The first kappa shape index (κ1) is 33.1. The van der Waals surface area contributed by atoms with Crippen LogP contribution in [-0.4, -0.2) is 15.1 Å². The van der Waals surface area contributed by atoms with Crippen molar-refractivity contribution in [2.45, 2.75) is 41.6 Å². The Morgan fingerprint density at radius 1 is 0.509 bits per heavy atom. The minimum absolute atomic E-state index is 0.344. The molecule has 1 saturated carbocycles. The lowest BCUT2D eigenvalue weighted by molar-refractivity contribution is 0.170. The summed E-state index contributed by atoms with van der Waals surface area (Å²) in [5, 5.41) is 6.71. The van der Waals surface area contributed by atoms with E-state index in [1.165, 1.54) is 103 Å².